The Morgan fingerprint density at radius 1 is 1.07 bits per heavy atom. The molecular formula is C18H39N7O3. The summed E-state index contributed by atoms with van der Waals surface area (Å²) in [5.41, 5.74) is 7.99. The van der Waals surface area contributed by atoms with Crippen LogP contribution in [0.5, 0.6) is 0 Å². The lowest BCUT2D eigenvalue weighted by molar-refractivity contribution is -0.136. The standard InChI is InChI=1S/C18H39N7O3/c1-15(19)9-13-21-10-6-7-12-23-17(27)18(28)25-16(26)8-4-2-3-5-11-22-14-24-20/h14-15,18,21,28H,2-13,19-20H2,1H3,(H,22,24)(H,23,27)(H,25,26)/t15-,18?/m1/s1. The molecule has 0 aromatic rings. The molecule has 0 aliphatic carbocycles. The number of nitrogens with zero attached hydrogens (tertiary/aromatic N) is 1. The van der Waals surface area contributed by atoms with Crippen LogP contribution in [-0.4, -0.2) is 61.7 Å². The summed E-state index contributed by atoms with van der Waals surface area (Å²) in [5, 5.41) is 17.9. The van der Waals surface area contributed by atoms with Gasteiger partial charge < -0.3 is 32.2 Å². The maximum atomic E-state index is 11.8. The number of aliphatic hydroxyl groups is 1. The molecule has 28 heavy (non-hydrogen) atoms. The molecule has 2 atom stereocenters. The zero-order chi connectivity index (χ0) is 21.0. The minimum Gasteiger partial charge on any atom is -0.365 e. The summed E-state index contributed by atoms with van der Waals surface area (Å²) in [6.07, 6.45) is 6.34. The van der Waals surface area contributed by atoms with E-state index in [1.54, 1.807) is 0 Å². The fourth-order valence-corrected chi connectivity index (χ4v) is 2.39. The average Bonchev–Trinajstić information content (AvgIpc) is 2.65. The number of rotatable bonds is 18. The van der Waals surface area contributed by atoms with Gasteiger partial charge in [0.1, 0.15) is 0 Å². The van der Waals surface area contributed by atoms with Gasteiger partial charge in [0.25, 0.3) is 5.91 Å². The molecule has 0 fully saturated rings. The molecule has 10 nitrogen and oxygen atoms in total. The van der Waals surface area contributed by atoms with Crippen molar-refractivity contribution < 1.29 is 14.7 Å². The minimum atomic E-state index is -1.50. The van der Waals surface area contributed by atoms with Gasteiger partial charge in [-0.15, -0.1) is 0 Å². The summed E-state index contributed by atoms with van der Waals surface area (Å²) in [4.78, 5) is 27.5. The minimum absolute atomic E-state index is 0.197. The molecule has 1 unspecified atom stereocenters. The molecule has 10 heteroatoms. The SMILES string of the molecule is C[C@@H](N)CCNCCCCNC(=O)C(O)NC(=O)CCCCCCN=CNN. The number of nitrogens with two attached hydrogens (primary N) is 2. The summed E-state index contributed by atoms with van der Waals surface area (Å²) in [5.74, 6) is 4.14. The molecule has 9 N–H and O–H groups in total. The highest BCUT2D eigenvalue weighted by Gasteiger charge is 2.16. The van der Waals surface area contributed by atoms with Gasteiger partial charge in [0.2, 0.25) is 12.1 Å². The molecule has 0 bridgehead atoms. The van der Waals surface area contributed by atoms with Crippen molar-refractivity contribution in [3.8, 4) is 0 Å². The van der Waals surface area contributed by atoms with E-state index in [0.29, 0.717) is 19.5 Å². The normalized spacial score (nSPS) is 13.3. The van der Waals surface area contributed by atoms with Crippen molar-refractivity contribution in [1.82, 2.24) is 21.4 Å². The first-order chi connectivity index (χ1) is 13.5. The average molecular weight is 402 g/mol. The van der Waals surface area contributed by atoms with Gasteiger partial charge in [-0.1, -0.05) is 12.8 Å². The van der Waals surface area contributed by atoms with Crippen LogP contribution in [0, 0.1) is 0 Å². The van der Waals surface area contributed by atoms with Crippen molar-refractivity contribution in [1.29, 1.82) is 0 Å². The highest BCUT2D eigenvalue weighted by Crippen LogP contribution is 2.03. The predicted molar refractivity (Wildman–Crippen MR) is 111 cm³/mol. The van der Waals surface area contributed by atoms with E-state index in [9.17, 15) is 14.7 Å². The number of unbranched alkanes of at least 4 members (excludes halogenated alkanes) is 4. The summed E-state index contributed by atoms with van der Waals surface area (Å²) in [6, 6.07) is 0.197. The lowest BCUT2D eigenvalue weighted by Gasteiger charge is -2.13. The first-order valence-corrected chi connectivity index (χ1v) is 10.1. The highest BCUT2D eigenvalue weighted by molar-refractivity contribution is 5.86. The van der Waals surface area contributed by atoms with E-state index in [1.165, 1.54) is 6.34 Å². The van der Waals surface area contributed by atoms with Crippen molar-refractivity contribution in [2.24, 2.45) is 16.6 Å². The Morgan fingerprint density at radius 2 is 1.79 bits per heavy atom. The maximum Gasteiger partial charge on any atom is 0.269 e. The van der Waals surface area contributed by atoms with Crippen LogP contribution in [0.1, 0.15) is 58.3 Å². The molecule has 164 valence electrons. The molecule has 0 radical (unpaired) electrons. The first-order valence-electron chi connectivity index (χ1n) is 10.1. The summed E-state index contributed by atoms with van der Waals surface area (Å²) in [6.45, 7) is 4.87. The number of carbonyl (C=O) groups excluding carboxylic acids is 2. The van der Waals surface area contributed by atoms with Crippen LogP contribution >= 0.6 is 0 Å². The van der Waals surface area contributed by atoms with Crippen molar-refractivity contribution in [3.05, 3.63) is 0 Å². The lowest BCUT2D eigenvalue weighted by Crippen LogP contribution is -2.46. The van der Waals surface area contributed by atoms with Gasteiger partial charge in [-0.25, -0.2) is 5.84 Å². The zero-order valence-corrected chi connectivity index (χ0v) is 17.1. The topological polar surface area (TPSA) is 167 Å². The second-order valence-corrected chi connectivity index (χ2v) is 6.85. The van der Waals surface area contributed by atoms with Crippen LogP contribution in [0.25, 0.3) is 0 Å². The number of hydrazine groups is 1. The van der Waals surface area contributed by atoms with E-state index in [0.717, 1.165) is 51.6 Å². The molecule has 0 aromatic carbocycles. The lowest BCUT2D eigenvalue weighted by atomic mass is 10.1. The van der Waals surface area contributed by atoms with Crippen molar-refractivity contribution >= 4 is 18.2 Å². The van der Waals surface area contributed by atoms with Gasteiger partial charge in [0.05, 0.1) is 6.34 Å². The molecule has 0 heterocycles. The Labute approximate surface area is 168 Å². The number of amides is 2. The molecule has 0 saturated carbocycles. The first kappa shape index (κ1) is 26.2. The van der Waals surface area contributed by atoms with Crippen LogP contribution in [0.2, 0.25) is 0 Å². The van der Waals surface area contributed by atoms with Gasteiger partial charge >= 0.3 is 0 Å². The third kappa shape index (κ3) is 17.7. The second-order valence-electron chi connectivity index (χ2n) is 6.85. The summed E-state index contributed by atoms with van der Waals surface area (Å²) in [7, 11) is 0. The number of nitrogens with one attached hydrogen (secondary N) is 4. The van der Waals surface area contributed by atoms with Gasteiger partial charge in [-0.2, -0.15) is 0 Å². The van der Waals surface area contributed by atoms with Crippen LogP contribution in [-0.2, 0) is 9.59 Å². The van der Waals surface area contributed by atoms with E-state index in [2.05, 4.69) is 26.4 Å². The third-order valence-electron chi connectivity index (χ3n) is 4.01. The monoisotopic (exact) mass is 401 g/mol. The smallest absolute Gasteiger partial charge is 0.269 e. The Kier molecular flexibility index (Phi) is 17.4. The number of aliphatic hydroxyl groups excluding tert-OH is 1. The largest absolute Gasteiger partial charge is 0.365 e. The van der Waals surface area contributed by atoms with Crippen molar-refractivity contribution in [3.63, 3.8) is 0 Å². The predicted octanol–water partition coefficient (Wildman–Crippen LogP) is -0.914. The van der Waals surface area contributed by atoms with Crippen LogP contribution in [0.3, 0.4) is 0 Å². The van der Waals surface area contributed by atoms with E-state index >= 15 is 0 Å². The number of carbonyl (C=O) groups is 2. The molecular weight excluding hydrogens is 362 g/mol. The van der Waals surface area contributed by atoms with E-state index in [4.69, 9.17) is 11.6 Å². The summed E-state index contributed by atoms with van der Waals surface area (Å²) >= 11 is 0. The quantitative estimate of drug-likeness (QED) is 0.0389. The zero-order valence-electron chi connectivity index (χ0n) is 17.1. The molecule has 0 spiro atoms. The molecule has 0 aromatic heterocycles. The van der Waals surface area contributed by atoms with Gasteiger partial charge in [-0.05, 0) is 52.1 Å². The molecule has 2 amide bonds. The number of aliphatic imine (C=N–C) groups is 1. The van der Waals surface area contributed by atoms with E-state index in [1.807, 2.05) is 6.92 Å². The van der Waals surface area contributed by atoms with Crippen LogP contribution < -0.4 is 33.0 Å². The van der Waals surface area contributed by atoms with E-state index < -0.39 is 12.1 Å². The third-order valence-corrected chi connectivity index (χ3v) is 4.01. The van der Waals surface area contributed by atoms with E-state index in [-0.39, 0.29) is 18.4 Å². The Balaban J connectivity index is 3.57. The molecule has 0 rings (SSSR count). The highest BCUT2D eigenvalue weighted by atomic mass is 16.3. The van der Waals surface area contributed by atoms with Crippen molar-refractivity contribution in [2.45, 2.75) is 70.6 Å². The number of hydrogen-bond acceptors (Lipinski definition) is 7. The van der Waals surface area contributed by atoms with Crippen molar-refractivity contribution in [2.75, 3.05) is 26.2 Å². The van der Waals surface area contributed by atoms with Crippen LogP contribution in [0.15, 0.2) is 4.99 Å². The fraction of sp³-hybridized carbons (Fsp3) is 0.833. The Hall–Kier alpha value is -1.75. The van der Waals surface area contributed by atoms with Gasteiger partial charge in [-0.3, -0.25) is 14.6 Å². The molecule has 0 saturated heterocycles. The van der Waals surface area contributed by atoms with Gasteiger partial charge in [0.15, 0.2) is 0 Å². The van der Waals surface area contributed by atoms with Gasteiger partial charge in [0, 0.05) is 25.6 Å². The second kappa shape index (κ2) is 18.6. The summed E-state index contributed by atoms with van der Waals surface area (Å²) < 4.78 is 0. The number of hydrogen-bond donors (Lipinski definition) is 7. The fourth-order valence-electron chi connectivity index (χ4n) is 2.39. The molecule has 0 aliphatic rings. The maximum absolute atomic E-state index is 11.8. The Bertz CT molecular complexity index is 433. The van der Waals surface area contributed by atoms with Crippen LogP contribution in [0.4, 0.5) is 0 Å². The Morgan fingerprint density at radius 3 is 2.50 bits per heavy atom. The molecule has 0 aliphatic heterocycles.